The van der Waals surface area contributed by atoms with E-state index in [0.717, 1.165) is 11.1 Å². The minimum Gasteiger partial charge on any atom is -0.461 e. The first-order chi connectivity index (χ1) is 14.5. The van der Waals surface area contributed by atoms with E-state index in [-0.39, 0.29) is 31.0 Å². The maximum absolute atomic E-state index is 12.8. The Balaban J connectivity index is 1.72. The van der Waals surface area contributed by atoms with Gasteiger partial charge in [-0.1, -0.05) is 90.5 Å². The van der Waals surface area contributed by atoms with Crippen LogP contribution in [0.3, 0.4) is 0 Å². The van der Waals surface area contributed by atoms with Crippen LogP contribution < -0.4 is 0 Å². The predicted molar refractivity (Wildman–Crippen MR) is 115 cm³/mol. The van der Waals surface area contributed by atoms with Crippen LogP contribution >= 0.6 is 0 Å². The third-order valence-electron chi connectivity index (χ3n) is 4.89. The molecule has 0 saturated heterocycles. The third kappa shape index (κ3) is 5.98. The molecule has 1 atom stereocenters. The van der Waals surface area contributed by atoms with Gasteiger partial charge in [0.1, 0.15) is 6.61 Å². The van der Waals surface area contributed by atoms with E-state index in [4.69, 9.17) is 4.74 Å². The van der Waals surface area contributed by atoms with Crippen molar-refractivity contribution >= 4 is 17.5 Å². The van der Waals surface area contributed by atoms with Gasteiger partial charge in [-0.2, -0.15) is 0 Å². The molecule has 30 heavy (non-hydrogen) atoms. The standard InChI is InChI=1S/C26H24O4/c1-19-12-14-22(15-13-19)25(28)17-23(16-24(27)21-10-6-3-7-11-21)26(29)30-18-20-8-4-2-5-9-20/h2-15,23H,16-18H2,1H3. The van der Waals surface area contributed by atoms with Crippen LogP contribution in [-0.4, -0.2) is 17.5 Å². The summed E-state index contributed by atoms with van der Waals surface area (Å²) in [6, 6.07) is 25.3. The number of carbonyl (C=O) groups excluding carboxylic acids is 3. The average Bonchev–Trinajstić information content (AvgIpc) is 2.78. The molecule has 0 radical (unpaired) electrons. The minimum absolute atomic E-state index is 0.0741. The molecule has 0 bridgehead atoms. The third-order valence-corrected chi connectivity index (χ3v) is 4.89. The van der Waals surface area contributed by atoms with Crippen molar-refractivity contribution in [3.05, 3.63) is 107 Å². The number of ether oxygens (including phenoxy) is 1. The van der Waals surface area contributed by atoms with E-state index in [1.54, 1.807) is 36.4 Å². The fraction of sp³-hybridized carbons (Fsp3) is 0.192. The van der Waals surface area contributed by atoms with Gasteiger partial charge in [0.2, 0.25) is 0 Å². The zero-order chi connectivity index (χ0) is 21.3. The average molecular weight is 400 g/mol. The summed E-state index contributed by atoms with van der Waals surface area (Å²) in [4.78, 5) is 38.2. The lowest BCUT2D eigenvalue weighted by Gasteiger charge is -2.15. The molecule has 3 rings (SSSR count). The Morgan fingerprint density at radius 2 is 1.20 bits per heavy atom. The Hall–Kier alpha value is -3.53. The van der Waals surface area contributed by atoms with E-state index in [2.05, 4.69) is 0 Å². The topological polar surface area (TPSA) is 60.4 Å². The van der Waals surface area contributed by atoms with Gasteiger partial charge >= 0.3 is 5.97 Å². The molecule has 3 aromatic carbocycles. The Labute approximate surface area is 176 Å². The summed E-state index contributed by atoms with van der Waals surface area (Å²) in [5, 5.41) is 0. The summed E-state index contributed by atoms with van der Waals surface area (Å²) in [5.74, 6) is -1.75. The molecule has 0 saturated carbocycles. The molecule has 0 spiro atoms. The highest BCUT2D eigenvalue weighted by atomic mass is 16.5. The van der Waals surface area contributed by atoms with Crippen LogP contribution in [0.4, 0.5) is 0 Å². The lowest BCUT2D eigenvalue weighted by atomic mass is 9.91. The number of rotatable bonds is 9. The number of hydrogen-bond donors (Lipinski definition) is 0. The van der Waals surface area contributed by atoms with Gasteiger partial charge in [-0.25, -0.2) is 0 Å². The largest absolute Gasteiger partial charge is 0.461 e. The lowest BCUT2D eigenvalue weighted by molar-refractivity contribution is -0.149. The van der Waals surface area contributed by atoms with Crippen LogP contribution in [0, 0.1) is 12.8 Å². The summed E-state index contributed by atoms with van der Waals surface area (Å²) in [6.07, 6.45) is -0.148. The molecule has 0 heterocycles. The van der Waals surface area contributed by atoms with Gasteiger partial charge in [0.25, 0.3) is 0 Å². The van der Waals surface area contributed by atoms with E-state index in [0.29, 0.717) is 11.1 Å². The summed E-state index contributed by atoms with van der Waals surface area (Å²) < 4.78 is 5.44. The molecule has 4 heteroatoms. The quantitative estimate of drug-likeness (QED) is 0.366. The van der Waals surface area contributed by atoms with E-state index in [1.165, 1.54) is 0 Å². The van der Waals surface area contributed by atoms with Gasteiger partial charge in [0, 0.05) is 24.0 Å². The Kier molecular flexibility index (Phi) is 7.28. The van der Waals surface area contributed by atoms with Crippen molar-refractivity contribution in [2.45, 2.75) is 26.4 Å². The van der Waals surface area contributed by atoms with Crippen molar-refractivity contribution in [1.29, 1.82) is 0 Å². The minimum atomic E-state index is -0.838. The van der Waals surface area contributed by atoms with Crippen LogP contribution in [0.5, 0.6) is 0 Å². The van der Waals surface area contributed by atoms with E-state index >= 15 is 0 Å². The molecule has 0 aromatic heterocycles. The fourth-order valence-electron chi connectivity index (χ4n) is 3.13. The maximum atomic E-state index is 12.8. The number of aryl methyl sites for hydroxylation is 1. The predicted octanol–water partition coefficient (Wildman–Crippen LogP) is 5.20. The summed E-state index contributed by atoms with van der Waals surface area (Å²) >= 11 is 0. The molecule has 0 aliphatic heterocycles. The molecule has 0 aliphatic rings. The maximum Gasteiger partial charge on any atom is 0.310 e. The van der Waals surface area contributed by atoms with Gasteiger partial charge in [0.05, 0.1) is 5.92 Å². The zero-order valence-corrected chi connectivity index (χ0v) is 16.9. The van der Waals surface area contributed by atoms with Crippen LogP contribution in [-0.2, 0) is 16.1 Å². The number of benzene rings is 3. The number of esters is 1. The molecule has 0 amide bonds. The highest BCUT2D eigenvalue weighted by molar-refractivity contribution is 6.01. The highest BCUT2D eigenvalue weighted by Crippen LogP contribution is 2.20. The van der Waals surface area contributed by atoms with Gasteiger partial charge < -0.3 is 4.74 Å². The van der Waals surface area contributed by atoms with Gasteiger partial charge in [0.15, 0.2) is 11.6 Å². The van der Waals surface area contributed by atoms with Crippen LogP contribution in [0.15, 0.2) is 84.9 Å². The highest BCUT2D eigenvalue weighted by Gasteiger charge is 2.27. The van der Waals surface area contributed by atoms with Crippen LogP contribution in [0.1, 0.15) is 44.7 Å². The first kappa shape index (κ1) is 21.2. The van der Waals surface area contributed by atoms with E-state index < -0.39 is 11.9 Å². The molecule has 0 fully saturated rings. The molecule has 4 nitrogen and oxygen atoms in total. The van der Waals surface area contributed by atoms with Crippen molar-refractivity contribution < 1.29 is 19.1 Å². The second kappa shape index (κ2) is 10.3. The van der Waals surface area contributed by atoms with Crippen molar-refractivity contribution in [3.8, 4) is 0 Å². The molecular weight excluding hydrogens is 376 g/mol. The number of ketones is 2. The lowest BCUT2D eigenvalue weighted by Crippen LogP contribution is -2.24. The number of Topliss-reactive ketones (excluding diaryl/α,β-unsaturated/α-hetero) is 2. The number of hydrogen-bond acceptors (Lipinski definition) is 4. The molecule has 152 valence electrons. The normalized spacial score (nSPS) is 11.5. The van der Waals surface area contributed by atoms with Crippen LogP contribution in [0.25, 0.3) is 0 Å². The molecule has 1 unspecified atom stereocenters. The van der Waals surface area contributed by atoms with Crippen LogP contribution in [0.2, 0.25) is 0 Å². The Morgan fingerprint density at radius 3 is 1.77 bits per heavy atom. The van der Waals surface area contributed by atoms with E-state index in [1.807, 2.05) is 55.5 Å². The first-order valence-corrected chi connectivity index (χ1v) is 9.91. The van der Waals surface area contributed by atoms with E-state index in [9.17, 15) is 14.4 Å². The fourth-order valence-corrected chi connectivity index (χ4v) is 3.13. The SMILES string of the molecule is Cc1ccc(C(=O)CC(CC(=O)c2ccccc2)C(=O)OCc2ccccc2)cc1. The zero-order valence-electron chi connectivity index (χ0n) is 16.9. The van der Waals surface area contributed by atoms with Gasteiger partial charge in [-0.15, -0.1) is 0 Å². The summed E-state index contributed by atoms with van der Waals surface area (Å²) in [7, 11) is 0. The molecule has 3 aromatic rings. The monoisotopic (exact) mass is 400 g/mol. The summed E-state index contributed by atoms with van der Waals surface area (Å²) in [6.45, 7) is 2.05. The molecular formula is C26H24O4. The summed E-state index contributed by atoms with van der Waals surface area (Å²) in [5.41, 5.74) is 2.93. The first-order valence-electron chi connectivity index (χ1n) is 9.91. The smallest absolute Gasteiger partial charge is 0.310 e. The second-order valence-corrected chi connectivity index (χ2v) is 7.28. The van der Waals surface area contributed by atoms with Gasteiger partial charge in [-0.3, -0.25) is 14.4 Å². The second-order valence-electron chi connectivity index (χ2n) is 7.28. The van der Waals surface area contributed by atoms with Gasteiger partial charge in [-0.05, 0) is 12.5 Å². The van der Waals surface area contributed by atoms with Crippen molar-refractivity contribution in [2.75, 3.05) is 0 Å². The van der Waals surface area contributed by atoms with Crippen molar-refractivity contribution in [2.24, 2.45) is 5.92 Å². The Morgan fingerprint density at radius 1 is 0.700 bits per heavy atom. The Bertz CT molecular complexity index is 992. The molecule has 0 aliphatic carbocycles. The van der Waals surface area contributed by atoms with Crippen molar-refractivity contribution in [1.82, 2.24) is 0 Å². The number of carbonyl (C=O) groups is 3. The van der Waals surface area contributed by atoms with Crippen molar-refractivity contribution in [3.63, 3.8) is 0 Å². The molecule has 0 N–H and O–H groups in total.